The van der Waals surface area contributed by atoms with Crippen molar-refractivity contribution in [1.82, 2.24) is 14.9 Å². The summed E-state index contributed by atoms with van der Waals surface area (Å²) in [6.07, 6.45) is -0.623. The van der Waals surface area contributed by atoms with Gasteiger partial charge < -0.3 is 20.0 Å². The van der Waals surface area contributed by atoms with Gasteiger partial charge in [-0.3, -0.25) is 4.79 Å². The van der Waals surface area contributed by atoms with E-state index in [1.54, 1.807) is 4.90 Å². The van der Waals surface area contributed by atoms with Crippen molar-refractivity contribution in [2.75, 3.05) is 31.1 Å². The molecule has 34 heavy (non-hydrogen) atoms. The Kier molecular flexibility index (Phi) is 6.45. The van der Waals surface area contributed by atoms with E-state index in [0.29, 0.717) is 43.9 Å². The van der Waals surface area contributed by atoms with Crippen molar-refractivity contribution in [2.45, 2.75) is 40.2 Å². The molecule has 2 heterocycles. The Morgan fingerprint density at radius 2 is 1.85 bits per heavy atom. The molecule has 2 N–H and O–H groups in total. The monoisotopic (exact) mass is 470 g/mol. The Bertz CT molecular complexity index is 1210. The Hall–Kier alpha value is -3.26. The highest BCUT2D eigenvalue weighted by atomic mass is 19.1. The van der Waals surface area contributed by atoms with Crippen LogP contribution in [0.1, 0.15) is 35.6 Å². The number of aryl methyl sites for hydroxylation is 1. The van der Waals surface area contributed by atoms with Crippen molar-refractivity contribution < 1.29 is 22.3 Å². The maximum atomic E-state index is 14.6. The lowest BCUT2D eigenvalue weighted by Crippen LogP contribution is -2.52. The third kappa shape index (κ3) is 4.97. The van der Waals surface area contributed by atoms with Crippen molar-refractivity contribution in [3.63, 3.8) is 0 Å². The van der Waals surface area contributed by atoms with Crippen LogP contribution in [0.5, 0.6) is 5.75 Å². The van der Waals surface area contributed by atoms with E-state index >= 15 is 0 Å². The summed E-state index contributed by atoms with van der Waals surface area (Å²) in [5.74, 6) is -0.329. The number of rotatable bonds is 4. The fraction of sp³-hybridized carbons (Fsp3) is 0.423. The smallest absolute Gasteiger partial charge is 0.251 e. The molecule has 1 fully saturated rings. The van der Waals surface area contributed by atoms with Crippen LogP contribution in [0.2, 0.25) is 0 Å². The number of carbonyl (C=O) groups is 1. The SMILES string of the molecule is Cc1ccc2c(N3CCN(C(=O)[C@@H](O)CC(C)(C)C)CC3)nc(-c3c(O)cccc3F)nc2c1.[HH].[HH]. The van der Waals surface area contributed by atoms with Gasteiger partial charge in [0.1, 0.15) is 23.5 Å². The highest BCUT2D eigenvalue weighted by molar-refractivity contribution is 5.92. The number of aromatic nitrogens is 2. The molecule has 2 aromatic carbocycles. The average Bonchev–Trinajstić information content (AvgIpc) is 2.76. The van der Waals surface area contributed by atoms with Gasteiger partial charge >= 0.3 is 0 Å². The van der Waals surface area contributed by atoms with Crippen LogP contribution in [-0.2, 0) is 4.79 Å². The second-order valence-electron chi connectivity index (χ2n) is 10.1. The van der Waals surface area contributed by atoms with Crippen molar-refractivity contribution >= 4 is 22.6 Å². The van der Waals surface area contributed by atoms with Crippen molar-refractivity contribution in [3.8, 4) is 17.1 Å². The Morgan fingerprint density at radius 3 is 2.50 bits per heavy atom. The molecule has 1 aliphatic heterocycles. The normalized spacial score (nSPS) is 15.6. The van der Waals surface area contributed by atoms with Gasteiger partial charge in [-0.05, 0) is 48.6 Å². The van der Waals surface area contributed by atoms with Gasteiger partial charge in [0.2, 0.25) is 0 Å². The molecule has 1 amide bonds. The summed E-state index contributed by atoms with van der Waals surface area (Å²) >= 11 is 0. The van der Waals surface area contributed by atoms with Crippen LogP contribution in [0.4, 0.5) is 10.2 Å². The first-order chi connectivity index (χ1) is 16.0. The van der Waals surface area contributed by atoms with E-state index in [-0.39, 0.29) is 31.3 Å². The van der Waals surface area contributed by atoms with Gasteiger partial charge in [0.05, 0.1) is 11.1 Å². The molecule has 3 aromatic rings. The number of fused-ring (bicyclic) bond motifs is 1. The summed E-state index contributed by atoms with van der Waals surface area (Å²) in [6, 6.07) is 9.93. The maximum absolute atomic E-state index is 14.6. The van der Waals surface area contributed by atoms with Crippen LogP contribution in [0, 0.1) is 18.2 Å². The number of benzene rings is 2. The van der Waals surface area contributed by atoms with E-state index in [1.807, 2.05) is 50.8 Å². The third-order valence-corrected chi connectivity index (χ3v) is 6.03. The number of phenols is 1. The molecule has 184 valence electrons. The molecule has 0 radical (unpaired) electrons. The summed E-state index contributed by atoms with van der Waals surface area (Å²) in [5, 5.41) is 21.5. The summed E-state index contributed by atoms with van der Waals surface area (Å²) in [7, 11) is 0. The van der Waals surface area contributed by atoms with E-state index in [0.717, 1.165) is 10.9 Å². The maximum Gasteiger partial charge on any atom is 0.251 e. The molecule has 0 unspecified atom stereocenters. The number of nitrogens with zero attached hydrogens (tertiary/aromatic N) is 4. The summed E-state index contributed by atoms with van der Waals surface area (Å²) in [4.78, 5) is 25.7. The van der Waals surface area contributed by atoms with Crippen LogP contribution in [-0.4, -0.2) is 63.3 Å². The number of anilines is 1. The molecule has 1 saturated heterocycles. The number of aliphatic hydroxyl groups excluding tert-OH is 1. The van der Waals surface area contributed by atoms with Gasteiger partial charge in [-0.25, -0.2) is 14.4 Å². The first-order valence-electron chi connectivity index (χ1n) is 11.5. The molecule has 0 spiro atoms. The lowest BCUT2D eigenvalue weighted by atomic mass is 9.89. The van der Waals surface area contributed by atoms with Crippen LogP contribution >= 0.6 is 0 Å². The van der Waals surface area contributed by atoms with Gasteiger partial charge in [-0.1, -0.05) is 32.9 Å². The zero-order chi connectivity index (χ0) is 24.6. The van der Waals surface area contributed by atoms with Gasteiger partial charge in [0.25, 0.3) is 5.91 Å². The van der Waals surface area contributed by atoms with Crippen LogP contribution in [0.25, 0.3) is 22.3 Å². The topological polar surface area (TPSA) is 89.8 Å². The number of hydrogen-bond acceptors (Lipinski definition) is 6. The largest absolute Gasteiger partial charge is 0.507 e. The molecule has 1 aliphatic rings. The van der Waals surface area contributed by atoms with Crippen LogP contribution in [0.15, 0.2) is 36.4 Å². The van der Waals surface area contributed by atoms with Crippen molar-refractivity contribution in [1.29, 1.82) is 0 Å². The number of hydrogen-bond donors (Lipinski definition) is 2. The molecule has 0 saturated carbocycles. The molecule has 8 heteroatoms. The van der Waals surface area contributed by atoms with Gasteiger partial charge in [0, 0.05) is 34.4 Å². The lowest BCUT2D eigenvalue weighted by Gasteiger charge is -2.37. The zero-order valence-corrected chi connectivity index (χ0v) is 20.0. The number of halogens is 1. The lowest BCUT2D eigenvalue weighted by molar-refractivity contribution is -0.142. The fourth-order valence-electron chi connectivity index (χ4n) is 4.33. The van der Waals surface area contributed by atoms with Gasteiger partial charge in [-0.15, -0.1) is 0 Å². The first-order valence-corrected chi connectivity index (χ1v) is 11.5. The second kappa shape index (κ2) is 9.18. The second-order valence-corrected chi connectivity index (χ2v) is 10.1. The van der Waals surface area contributed by atoms with E-state index in [4.69, 9.17) is 0 Å². The highest BCUT2D eigenvalue weighted by Crippen LogP contribution is 2.34. The molecule has 0 aliphatic carbocycles. The number of aliphatic hydroxyl groups is 1. The minimum atomic E-state index is -1.02. The van der Waals surface area contributed by atoms with Crippen LogP contribution in [0.3, 0.4) is 0 Å². The molecule has 1 aromatic heterocycles. The van der Waals surface area contributed by atoms with Crippen molar-refractivity contribution in [3.05, 3.63) is 47.8 Å². The Labute approximate surface area is 201 Å². The van der Waals surface area contributed by atoms with E-state index < -0.39 is 11.9 Å². The van der Waals surface area contributed by atoms with E-state index in [2.05, 4.69) is 9.97 Å². The Balaban J connectivity index is 0.00000228. The number of aromatic hydroxyl groups is 1. The number of carbonyl (C=O) groups excluding carboxylic acids is 1. The number of piperazine rings is 1. The first kappa shape index (κ1) is 23.9. The molecule has 1 atom stereocenters. The summed E-state index contributed by atoms with van der Waals surface area (Å²) < 4.78 is 14.6. The highest BCUT2D eigenvalue weighted by Gasteiger charge is 2.30. The quantitative estimate of drug-likeness (QED) is 0.588. The van der Waals surface area contributed by atoms with Crippen molar-refractivity contribution in [2.24, 2.45) is 5.41 Å². The fourth-order valence-corrected chi connectivity index (χ4v) is 4.33. The summed E-state index contributed by atoms with van der Waals surface area (Å²) in [6.45, 7) is 9.84. The summed E-state index contributed by atoms with van der Waals surface area (Å²) in [5.41, 5.74) is 1.47. The van der Waals surface area contributed by atoms with E-state index in [1.165, 1.54) is 18.2 Å². The van der Waals surface area contributed by atoms with Gasteiger partial charge in [0.15, 0.2) is 5.82 Å². The zero-order valence-electron chi connectivity index (χ0n) is 20.0. The number of phenolic OH excluding ortho intramolecular Hbond substituents is 1. The average molecular weight is 471 g/mol. The molecular formula is C26H35FN4O3. The Morgan fingerprint density at radius 1 is 1.15 bits per heavy atom. The minimum Gasteiger partial charge on any atom is -0.507 e. The van der Waals surface area contributed by atoms with Crippen LogP contribution < -0.4 is 4.90 Å². The van der Waals surface area contributed by atoms with Gasteiger partial charge in [-0.2, -0.15) is 0 Å². The third-order valence-electron chi connectivity index (χ3n) is 6.03. The predicted molar refractivity (Wildman–Crippen MR) is 134 cm³/mol. The predicted octanol–water partition coefficient (Wildman–Crippen LogP) is 4.39. The molecule has 4 rings (SSSR count). The molecule has 7 nitrogen and oxygen atoms in total. The molecular weight excluding hydrogens is 435 g/mol. The molecule has 0 bridgehead atoms. The number of amides is 1. The minimum absolute atomic E-state index is 0. The standard InChI is InChI=1S/C26H31FN4O3.2H2/c1-16-8-9-17-19(14-16)28-23(22-18(27)6-5-7-20(22)32)29-24(17)30-10-12-31(13-11-30)25(34)21(33)15-26(2,3)4;;/h5-9,14,21,32-33H,10-13,15H2,1-4H3;2*1H/t21-;;/m0../s1. The van der Waals surface area contributed by atoms with E-state index in [9.17, 15) is 19.4 Å².